The molecule has 12 heavy (non-hydrogen) atoms. The lowest BCUT2D eigenvalue weighted by Gasteiger charge is -2.29. The smallest absolute Gasteiger partial charge is 0.119 e. The van der Waals surface area contributed by atoms with Crippen molar-refractivity contribution in [1.29, 1.82) is 0 Å². The van der Waals surface area contributed by atoms with E-state index in [0.717, 1.165) is 6.61 Å². The molecule has 0 radical (unpaired) electrons. The van der Waals surface area contributed by atoms with Gasteiger partial charge in [0.15, 0.2) is 0 Å². The van der Waals surface area contributed by atoms with Crippen molar-refractivity contribution in [3.63, 3.8) is 0 Å². The van der Waals surface area contributed by atoms with Crippen LogP contribution in [0.2, 0.25) is 0 Å². The van der Waals surface area contributed by atoms with Crippen LogP contribution in [-0.4, -0.2) is 12.3 Å². The Hall–Kier alpha value is 0.960. The Bertz CT molecular complexity index is 178. The molecule has 1 nitrogen and oxygen atoms in total. The molecule has 1 unspecified atom stereocenters. The van der Waals surface area contributed by atoms with Gasteiger partial charge in [0.05, 0.1) is 0 Å². The van der Waals surface area contributed by atoms with Crippen molar-refractivity contribution in [3.8, 4) is 0 Å². The molecule has 1 saturated carbocycles. The maximum absolute atomic E-state index is 5.56. The third-order valence-electron chi connectivity index (χ3n) is 2.35. The van der Waals surface area contributed by atoms with E-state index in [9.17, 15) is 0 Å². The standard InChI is InChI=1S/C8H17OPS2/c1-2-9-10(11,12)8-6-4-3-5-7-8/h8H,2-7H2,1H3,(H,11,12). The van der Waals surface area contributed by atoms with E-state index in [2.05, 4.69) is 12.2 Å². The highest BCUT2D eigenvalue weighted by molar-refractivity contribution is 8.62. The molecular formula is C8H17OPS2. The third kappa shape index (κ3) is 3.02. The van der Waals surface area contributed by atoms with Crippen LogP contribution in [0.5, 0.6) is 0 Å². The molecule has 0 aromatic heterocycles. The van der Waals surface area contributed by atoms with Crippen molar-refractivity contribution in [2.75, 3.05) is 6.61 Å². The summed E-state index contributed by atoms with van der Waals surface area (Å²) in [7, 11) is 0. The fourth-order valence-electron chi connectivity index (χ4n) is 1.70. The largest absolute Gasteiger partial charge is 0.342 e. The van der Waals surface area contributed by atoms with Gasteiger partial charge in [0.2, 0.25) is 0 Å². The summed E-state index contributed by atoms with van der Waals surface area (Å²) in [6.07, 6.45) is 6.47. The SMILES string of the molecule is CCOP(=S)(S)C1CCCCC1. The Morgan fingerprint density at radius 3 is 2.50 bits per heavy atom. The van der Waals surface area contributed by atoms with Gasteiger partial charge in [-0.15, -0.1) is 12.2 Å². The molecule has 0 amide bonds. The summed E-state index contributed by atoms with van der Waals surface area (Å²) in [5.74, 6) is 0. The zero-order valence-electron chi connectivity index (χ0n) is 7.53. The monoisotopic (exact) mass is 224 g/mol. The normalized spacial score (nSPS) is 25.2. The molecule has 72 valence electrons. The van der Waals surface area contributed by atoms with Crippen LogP contribution in [0, 0.1) is 0 Å². The van der Waals surface area contributed by atoms with Gasteiger partial charge in [0, 0.05) is 12.3 Å². The molecule has 0 N–H and O–H groups in total. The Morgan fingerprint density at radius 2 is 2.00 bits per heavy atom. The van der Waals surface area contributed by atoms with Crippen molar-refractivity contribution in [1.82, 2.24) is 0 Å². The zero-order chi connectivity index (χ0) is 9.03. The minimum atomic E-state index is -1.74. The summed E-state index contributed by atoms with van der Waals surface area (Å²) < 4.78 is 5.56. The molecule has 1 aliphatic rings. The van der Waals surface area contributed by atoms with Crippen LogP contribution < -0.4 is 0 Å². The molecule has 0 heterocycles. The first-order chi connectivity index (χ1) is 5.67. The molecule has 0 aliphatic heterocycles. The minimum absolute atomic E-state index is 0.588. The molecule has 1 rings (SSSR count). The van der Waals surface area contributed by atoms with Crippen molar-refractivity contribution < 1.29 is 4.52 Å². The van der Waals surface area contributed by atoms with Crippen LogP contribution in [0.1, 0.15) is 39.0 Å². The third-order valence-corrected chi connectivity index (χ3v) is 6.95. The van der Waals surface area contributed by atoms with Gasteiger partial charge in [-0.1, -0.05) is 31.1 Å². The highest BCUT2D eigenvalue weighted by atomic mass is 32.9. The van der Waals surface area contributed by atoms with E-state index >= 15 is 0 Å². The maximum atomic E-state index is 5.56. The van der Waals surface area contributed by atoms with Crippen molar-refractivity contribution >= 4 is 29.5 Å². The molecule has 0 aromatic rings. The zero-order valence-corrected chi connectivity index (χ0v) is 10.1. The predicted molar refractivity (Wildman–Crippen MR) is 61.8 cm³/mol. The minimum Gasteiger partial charge on any atom is -0.342 e. The molecule has 1 aliphatic carbocycles. The average molecular weight is 224 g/mol. The Morgan fingerprint density at radius 1 is 1.42 bits per heavy atom. The molecule has 4 heteroatoms. The van der Waals surface area contributed by atoms with E-state index in [0.29, 0.717) is 5.66 Å². The van der Waals surface area contributed by atoms with Crippen LogP contribution in [-0.2, 0) is 16.3 Å². The number of hydrogen-bond donors (Lipinski definition) is 1. The summed E-state index contributed by atoms with van der Waals surface area (Å²) in [6.45, 7) is 2.72. The second-order valence-corrected chi connectivity index (χ2v) is 9.61. The van der Waals surface area contributed by atoms with Gasteiger partial charge in [0.1, 0.15) is 5.47 Å². The lowest BCUT2D eigenvalue weighted by molar-refractivity contribution is 0.369. The first-order valence-corrected chi connectivity index (χ1v) is 8.58. The second-order valence-electron chi connectivity index (χ2n) is 3.27. The fourth-order valence-corrected chi connectivity index (χ4v) is 5.28. The van der Waals surface area contributed by atoms with Crippen LogP contribution in [0.25, 0.3) is 0 Å². The van der Waals surface area contributed by atoms with Gasteiger partial charge >= 0.3 is 0 Å². The van der Waals surface area contributed by atoms with Crippen LogP contribution in [0.3, 0.4) is 0 Å². The number of rotatable bonds is 3. The molecule has 1 fully saturated rings. The Balaban J connectivity index is 2.48. The van der Waals surface area contributed by atoms with E-state index < -0.39 is 5.47 Å². The van der Waals surface area contributed by atoms with Gasteiger partial charge in [-0.25, -0.2) is 0 Å². The number of hydrogen-bond acceptors (Lipinski definition) is 2. The summed E-state index contributed by atoms with van der Waals surface area (Å²) in [6, 6.07) is 0. The molecular weight excluding hydrogens is 207 g/mol. The van der Waals surface area contributed by atoms with Crippen LogP contribution >= 0.6 is 17.7 Å². The van der Waals surface area contributed by atoms with E-state index in [1.165, 1.54) is 32.1 Å². The summed E-state index contributed by atoms with van der Waals surface area (Å²) in [4.78, 5) is 0. The lowest BCUT2D eigenvalue weighted by Crippen LogP contribution is -2.11. The van der Waals surface area contributed by atoms with Crippen LogP contribution in [0.4, 0.5) is 0 Å². The van der Waals surface area contributed by atoms with Gasteiger partial charge in [-0.05, 0) is 19.8 Å². The van der Waals surface area contributed by atoms with Crippen molar-refractivity contribution in [2.24, 2.45) is 0 Å². The Labute approximate surface area is 85.5 Å². The lowest BCUT2D eigenvalue weighted by atomic mass is 10.0. The van der Waals surface area contributed by atoms with Gasteiger partial charge in [-0.3, -0.25) is 0 Å². The fraction of sp³-hybridized carbons (Fsp3) is 1.00. The summed E-state index contributed by atoms with van der Waals surface area (Å²) in [5, 5.41) is 0. The highest BCUT2D eigenvalue weighted by Gasteiger charge is 2.26. The Kier molecular flexibility index (Phi) is 4.59. The summed E-state index contributed by atoms with van der Waals surface area (Å²) in [5.41, 5.74) is -1.15. The van der Waals surface area contributed by atoms with Crippen molar-refractivity contribution in [2.45, 2.75) is 44.7 Å². The molecule has 0 aromatic carbocycles. The second kappa shape index (κ2) is 4.99. The first-order valence-electron chi connectivity index (χ1n) is 4.64. The van der Waals surface area contributed by atoms with Gasteiger partial charge < -0.3 is 4.52 Å². The van der Waals surface area contributed by atoms with Crippen LogP contribution in [0.15, 0.2) is 0 Å². The highest BCUT2D eigenvalue weighted by Crippen LogP contribution is 2.60. The average Bonchev–Trinajstić information content (AvgIpc) is 2.06. The quantitative estimate of drug-likeness (QED) is 0.579. The van der Waals surface area contributed by atoms with Gasteiger partial charge in [-0.2, -0.15) is 0 Å². The number of thiol groups is 1. The van der Waals surface area contributed by atoms with Gasteiger partial charge in [0.25, 0.3) is 0 Å². The molecule has 0 bridgehead atoms. The molecule has 0 saturated heterocycles. The van der Waals surface area contributed by atoms with E-state index in [1.54, 1.807) is 0 Å². The van der Waals surface area contributed by atoms with Crippen molar-refractivity contribution in [3.05, 3.63) is 0 Å². The molecule has 1 atom stereocenters. The molecule has 0 spiro atoms. The maximum Gasteiger partial charge on any atom is 0.119 e. The van der Waals surface area contributed by atoms with E-state index in [4.69, 9.17) is 16.3 Å². The topological polar surface area (TPSA) is 9.23 Å². The summed E-state index contributed by atoms with van der Waals surface area (Å²) >= 11 is 9.93. The first kappa shape index (κ1) is 11.0. The van der Waals surface area contributed by atoms with E-state index in [1.807, 2.05) is 6.92 Å². The predicted octanol–water partition coefficient (Wildman–Crippen LogP) is 3.59. The van der Waals surface area contributed by atoms with E-state index in [-0.39, 0.29) is 0 Å².